The first-order valence-electron chi connectivity index (χ1n) is 5.75. The second-order valence-corrected chi connectivity index (χ2v) is 4.36. The molecule has 0 amide bonds. The zero-order valence-electron chi connectivity index (χ0n) is 9.74. The van der Waals surface area contributed by atoms with Crippen LogP contribution in [0.15, 0.2) is 28.8 Å². The van der Waals surface area contributed by atoms with E-state index in [4.69, 9.17) is 4.52 Å². The number of rotatable bonds is 1. The van der Waals surface area contributed by atoms with Crippen molar-refractivity contribution in [2.45, 2.75) is 25.2 Å². The van der Waals surface area contributed by atoms with Crippen LogP contribution in [-0.4, -0.2) is 10.1 Å². The summed E-state index contributed by atoms with van der Waals surface area (Å²) >= 11 is 0. The van der Waals surface area contributed by atoms with E-state index >= 15 is 0 Å². The van der Waals surface area contributed by atoms with Crippen LogP contribution in [0.1, 0.15) is 28.9 Å². The lowest BCUT2D eigenvalue weighted by atomic mass is 9.96. The van der Waals surface area contributed by atoms with Gasteiger partial charge in [-0.05, 0) is 17.5 Å². The SMILES string of the molecule is FC(F)(F)c1noc([C@H]2Cc3ccccc3CN2)n1. The van der Waals surface area contributed by atoms with E-state index in [1.54, 1.807) is 0 Å². The van der Waals surface area contributed by atoms with Crippen LogP contribution in [0.2, 0.25) is 0 Å². The second-order valence-electron chi connectivity index (χ2n) is 4.36. The maximum Gasteiger partial charge on any atom is 0.455 e. The van der Waals surface area contributed by atoms with Crippen LogP contribution in [0.5, 0.6) is 0 Å². The van der Waals surface area contributed by atoms with Crippen LogP contribution in [0.3, 0.4) is 0 Å². The van der Waals surface area contributed by atoms with Crippen LogP contribution in [0.4, 0.5) is 13.2 Å². The Morgan fingerprint density at radius 2 is 1.95 bits per heavy atom. The molecule has 7 heteroatoms. The van der Waals surface area contributed by atoms with Gasteiger partial charge in [0.25, 0.3) is 5.82 Å². The highest BCUT2D eigenvalue weighted by atomic mass is 19.4. The summed E-state index contributed by atoms with van der Waals surface area (Å²) in [6, 6.07) is 7.38. The van der Waals surface area contributed by atoms with Gasteiger partial charge in [0.05, 0.1) is 6.04 Å². The molecule has 0 bridgehead atoms. The van der Waals surface area contributed by atoms with Crippen LogP contribution >= 0.6 is 0 Å². The third-order valence-corrected chi connectivity index (χ3v) is 3.07. The lowest BCUT2D eigenvalue weighted by Crippen LogP contribution is -2.28. The van der Waals surface area contributed by atoms with E-state index in [9.17, 15) is 13.2 Å². The Labute approximate surface area is 106 Å². The zero-order valence-corrected chi connectivity index (χ0v) is 9.74. The van der Waals surface area contributed by atoms with Gasteiger partial charge in [-0.25, -0.2) is 0 Å². The van der Waals surface area contributed by atoms with E-state index in [1.165, 1.54) is 0 Å². The molecule has 2 aromatic rings. The summed E-state index contributed by atoms with van der Waals surface area (Å²) in [7, 11) is 0. The van der Waals surface area contributed by atoms with Crippen LogP contribution < -0.4 is 5.32 Å². The van der Waals surface area contributed by atoms with Crippen LogP contribution in [-0.2, 0) is 19.1 Å². The molecule has 0 saturated heterocycles. The van der Waals surface area contributed by atoms with Crippen molar-refractivity contribution in [1.82, 2.24) is 15.5 Å². The number of alkyl halides is 3. The lowest BCUT2D eigenvalue weighted by molar-refractivity contribution is -0.146. The molecule has 0 fully saturated rings. The number of halogens is 3. The molecular formula is C12H10F3N3O. The van der Waals surface area contributed by atoms with Crippen molar-refractivity contribution in [3.05, 3.63) is 47.1 Å². The Hall–Kier alpha value is -1.89. The van der Waals surface area contributed by atoms with Crippen LogP contribution in [0.25, 0.3) is 0 Å². The predicted molar refractivity (Wildman–Crippen MR) is 59.0 cm³/mol. The number of nitrogens with zero attached hydrogens (tertiary/aromatic N) is 2. The molecular weight excluding hydrogens is 259 g/mol. The summed E-state index contributed by atoms with van der Waals surface area (Å²) < 4.78 is 41.9. The fraction of sp³-hybridized carbons (Fsp3) is 0.333. The first-order valence-corrected chi connectivity index (χ1v) is 5.75. The molecule has 100 valence electrons. The molecule has 0 aliphatic carbocycles. The summed E-state index contributed by atoms with van der Waals surface area (Å²) in [6.07, 6.45) is -4.04. The summed E-state index contributed by atoms with van der Waals surface area (Å²) in [6.45, 7) is 0.574. The standard InChI is InChI=1S/C12H10F3N3O/c13-12(14,15)11-17-10(19-18-11)9-5-7-3-1-2-4-8(7)6-16-9/h1-4,9,16H,5-6H2/t9-/m1/s1. The molecule has 1 aliphatic heterocycles. The number of hydrogen-bond donors (Lipinski definition) is 1. The molecule has 1 aromatic carbocycles. The van der Waals surface area contributed by atoms with Gasteiger partial charge in [-0.1, -0.05) is 29.4 Å². The number of benzene rings is 1. The van der Waals surface area contributed by atoms with Gasteiger partial charge >= 0.3 is 6.18 Å². The predicted octanol–water partition coefficient (Wildman–Crippen LogP) is 2.48. The third kappa shape index (κ3) is 2.33. The van der Waals surface area contributed by atoms with Gasteiger partial charge in [-0.2, -0.15) is 18.2 Å². The van der Waals surface area contributed by atoms with E-state index in [-0.39, 0.29) is 11.9 Å². The molecule has 1 aliphatic rings. The number of nitrogens with one attached hydrogen (secondary N) is 1. The molecule has 2 heterocycles. The molecule has 0 unspecified atom stereocenters. The highest BCUT2D eigenvalue weighted by molar-refractivity contribution is 5.30. The molecule has 1 aromatic heterocycles. The molecule has 1 atom stereocenters. The van der Waals surface area contributed by atoms with Gasteiger partial charge in [0.2, 0.25) is 5.89 Å². The minimum absolute atomic E-state index is 0.0261. The highest BCUT2D eigenvalue weighted by Crippen LogP contribution is 2.29. The quantitative estimate of drug-likeness (QED) is 0.864. The lowest BCUT2D eigenvalue weighted by Gasteiger charge is -2.23. The monoisotopic (exact) mass is 269 g/mol. The van der Waals surface area contributed by atoms with Gasteiger partial charge < -0.3 is 9.84 Å². The van der Waals surface area contributed by atoms with Crippen molar-refractivity contribution in [1.29, 1.82) is 0 Å². The van der Waals surface area contributed by atoms with Crippen molar-refractivity contribution in [3.63, 3.8) is 0 Å². The van der Waals surface area contributed by atoms with Crippen molar-refractivity contribution in [2.75, 3.05) is 0 Å². The average molecular weight is 269 g/mol. The molecule has 3 rings (SSSR count). The molecule has 0 saturated carbocycles. The fourth-order valence-electron chi connectivity index (χ4n) is 2.12. The molecule has 0 spiro atoms. The maximum atomic E-state index is 12.4. The minimum atomic E-state index is -4.58. The molecule has 19 heavy (non-hydrogen) atoms. The Bertz CT molecular complexity index is 594. The summed E-state index contributed by atoms with van der Waals surface area (Å²) in [4.78, 5) is 3.41. The van der Waals surface area contributed by atoms with Gasteiger partial charge in [-0.15, -0.1) is 0 Å². The zero-order chi connectivity index (χ0) is 13.5. The summed E-state index contributed by atoms with van der Waals surface area (Å²) in [5.41, 5.74) is 2.22. The third-order valence-electron chi connectivity index (χ3n) is 3.07. The first kappa shape index (κ1) is 12.2. The largest absolute Gasteiger partial charge is 0.455 e. The van der Waals surface area contributed by atoms with Crippen LogP contribution in [0, 0.1) is 0 Å². The van der Waals surface area contributed by atoms with E-state index < -0.39 is 12.0 Å². The molecule has 4 nitrogen and oxygen atoms in total. The van der Waals surface area contributed by atoms with E-state index in [2.05, 4.69) is 15.5 Å². The maximum absolute atomic E-state index is 12.4. The Kier molecular flexibility index (Phi) is 2.78. The Balaban J connectivity index is 1.83. The van der Waals surface area contributed by atoms with Crippen molar-refractivity contribution >= 4 is 0 Å². The van der Waals surface area contributed by atoms with Crippen molar-refractivity contribution in [2.24, 2.45) is 0 Å². The normalized spacial score (nSPS) is 19.2. The van der Waals surface area contributed by atoms with Gasteiger partial charge in [0.15, 0.2) is 0 Å². The topological polar surface area (TPSA) is 51.0 Å². The van der Waals surface area contributed by atoms with Gasteiger partial charge in [0, 0.05) is 6.54 Å². The number of fused-ring (bicyclic) bond motifs is 1. The van der Waals surface area contributed by atoms with E-state index in [1.807, 2.05) is 24.3 Å². The number of hydrogen-bond acceptors (Lipinski definition) is 4. The molecule has 1 N–H and O–H groups in total. The van der Waals surface area contributed by atoms with Crippen molar-refractivity contribution in [3.8, 4) is 0 Å². The minimum Gasteiger partial charge on any atom is -0.337 e. The first-order chi connectivity index (χ1) is 9.04. The fourth-order valence-corrected chi connectivity index (χ4v) is 2.12. The Morgan fingerprint density at radius 1 is 1.21 bits per heavy atom. The van der Waals surface area contributed by atoms with E-state index in [0.29, 0.717) is 13.0 Å². The van der Waals surface area contributed by atoms with Crippen molar-refractivity contribution < 1.29 is 17.7 Å². The van der Waals surface area contributed by atoms with Gasteiger partial charge in [0.1, 0.15) is 0 Å². The Morgan fingerprint density at radius 3 is 2.63 bits per heavy atom. The van der Waals surface area contributed by atoms with E-state index in [0.717, 1.165) is 11.1 Å². The van der Waals surface area contributed by atoms with Gasteiger partial charge in [-0.3, -0.25) is 0 Å². The smallest absolute Gasteiger partial charge is 0.337 e. The summed E-state index contributed by atoms with van der Waals surface area (Å²) in [5, 5.41) is 6.06. The summed E-state index contributed by atoms with van der Waals surface area (Å²) in [5.74, 6) is -1.26. The second kappa shape index (κ2) is 4.34. The number of aromatic nitrogens is 2. The average Bonchev–Trinajstić information content (AvgIpc) is 2.87. The highest BCUT2D eigenvalue weighted by Gasteiger charge is 2.38. The molecule has 0 radical (unpaired) electrons.